The molecule has 0 unspecified atom stereocenters. The maximum atomic E-state index is 12.2. The fraction of sp³-hybridized carbons (Fsp3) is 0.500. The summed E-state index contributed by atoms with van der Waals surface area (Å²) in [5.41, 5.74) is 0. The summed E-state index contributed by atoms with van der Waals surface area (Å²) in [6.45, 7) is 0.549. The molecule has 104 valence electrons. The van der Waals surface area contributed by atoms with E-state index in [1.165, 1.54) is 13.1 Å². The van der Waals surface area contributed by atoms with E-state index in [-0.39, 0.29) is 16.1 Å². The first-order valence-electron chi connectivity index (χ1n) is 5.86. The first-order chi connectivity index (χ1) is 8.95. The summed E-state index contributed by atoms with van der Waals surface area (Å²) in [7, 11) is -2.17. The van der Waals surface area contributed by atoms with Gasteiger partial charge in [-0.15, -0.1) is 6.42 Å². The summed E-state index contributed by atoms with van der Waals surface area (Å²) in [5, 5.41) is 3.26. The van der Waals surface area contributed by atoms with Crippen molar-refractivity contribution in [3.8, 4) is 12.3 Å². The van der Waals surface area contributed by atoms with Crippen molar-refractivity contribution in [1.82, 2.24) is 9.62 Å². The van der Waals surface area contributed by atoms with Crippen molar-refractivity contribution in [2.75, 3.05) is 13.6 Å². The molecule has 5 nitrogen and oxygen atoms in total. The predicted molar refractivity (Wildman–Crippen MR) is 74.9 cm³/mol. The molecule has 1 aromatic heterocycles. The van der Waals surface area contributed by atoms with Gasteiger partial charge < -0.3 is 9.73 Å². The smallest absolute Gasteiger partial charge is 0.248 e. The lowest BCUT2D eigenvalue weighted by atomic mass is 10.4. The molecule has 0 aromatic carbocycles. The first-order valence-corrected chi connectivity index (χ1v) is 8.10. The highest BCUT2D eigenvalue weighted by molar-refractivity contribution is 9.10. The number of terminal acetylenes is 1. The van der Waals surface area contributed by atoms with E-state index in [0.717, 1.165) is 17.1 Å². The highest BCUT2D eigenvalue weighted by Crippen LogP contribution is 2.29. The molecule has 2 rings (SSSR count). The summed E-state index contributed by atoms with van der Waals surface area (Å²) in [6.07, 6.45) is 7.46. The highest BCUT2D eigenvalue weighted by atomic mass is 79.9. The maximum Gasteiger partial charge on any atom is 0.248 e. The van der Waals surface area contributed by atoms with Gasteiger partial charge in [-0.3, -0.25) is 0 Å². The third-order valence-electron chi connectivity index (χ3n) is 2.85. The average Bonchev–Trinajstić information content (AvgIpc) is 3.10. The average molecular weight is 347 g/mol. The summed E-state index contributed by atoms with van der Waals surface area (Å²) in [4.78, 5) is 0.109. The van der Waals surface area contributed by atoms with Crippen LogP contribution < -0.4 is 5.32 Å². The topological polar surface area (TPSA) is 62.6 Å². The van der Waals surface area contributed by atoms with Gasteiger partial charge in [-0.2, -0.15) is 4.31 Å². The number of nitrogens with one attached hydrogen (secondary N) is 1. The number of furan rings is 1. The standard InChI is InChI=1S/C12H15BrN2O3S/c1-3-6-15(2)19(16,17)11-7-10(18-12(11)13)8-14-9-4-5-9/h1,7,9,14H,4-6,8H2,2H3. The summed E-state index contributed by atoms with van der Waals surface area (Å²) in [5.74, 6) is 2.90. The number of hydrogen-bond acceptors (Lipinski definition) is 4. The van der Waals surface area contributed by atoms with Crippen molar-refractivity contribution >= 4 is 26.0 Å². The molecular formula is C12H15BrN2O3S. The van der Waals surface area contributed by atoms with Crippen LogP contribution in [0.1, 0.15) is 18.6 Å². The molecule has 1 fully saturated rings. The second kappa shape index (κ2) is 5.67. The van der Waals surface area contributed by atoms with Crippen LogP contribution in [0.15, 0.2) is 20.0 Å². The van der Waals surface area contributed by atoms with Crippen LogP contribution in [0.5, 0.6) is 0 Å². The molecule has 0 aliphatic heterocycles. The lowest BCUT2D eigenvalue weighted by molar-refractivity contribution is 0.457. The molecule has 1 N–H and O–H groups in total. The van der Waals surface area contributed by atoms with Gasteiger partial charge in [0.25, 0.3) is 0 Å². The molecule has 0 bridgehead atoms. The molecule has 19 heavy (non-hydrogen) atoms. The molecule has 0 saturated heterocycles. The van der Waals surface area contributed by atoms with Crippen LogP contribution >= 0.6 is 15.9 Å². The summed E-state index contributed by atoms with van der Waals surface area (Å²) < 4.78 is 31.2. The number of halogens is 1. The van der Waals surface area contributed by atoms with E-state index in [4.69, 9.17) is 10.8 Å². The van der Waals surface area contributed by atoms with Gasteiger partial charge in [-0.25, -0.2) is 8.42 Å². The Morgan fingerprint density at radius 3 is 2.89 bits per heavy atom. The zero-order valence-electron chi connectivity index (χ0n) is 10.5. The second-order valence-corrected chi connectivity index (χ2v) is 7.20. The Labute approximate surface area is 121 Å². The Hall–Kier alpha value is -0.810. The van der Waals surface area contributed by atoms with E-state index < -0.39 is 10.0 Å². The minimum atomic E-state index is -3.61. The van der Waals surface area contributed by atoms with Gasteiger partial charge in [0.1, 0.15) is 10.7 Å². The van der Waals surface area contributed by atoms with Gasteiger partial charge >= 0.3 is 0 Å². The van der Waals surface area contributed by atoms with Gasteiger partial charge in [-0.1, -0.05) is 5.92 Å². The van der Waals surface area contributed by atoms with E-state index in [0.29, 0.717) is 18.3 Å². The Morgan fingerprint density at radius 1 is 1.63 bits per heavy atom. The lowest BCUT2D eigenvalue weighted by Crippen LogP contribution is -2.27. The molecule has 1 aliphatic rings. The van der Waals surface area contributed by atoms with E-state index >= 15 is 0 Å². The van der Waals surface area contributed by atoms with Crippen LogP contribution in [0, 0.1) is 12.3 Å². The Bertz CT molecular complexity index is 599. The van der Waals surface area contributed by atoms with Crippen molar-refractivity contribution in [2.45, 2.75) is 30.3 Å². The third kappa shape index (κ3) is 3.39. The van der Waals surface area contributed by atoms with Crippen LogP contribution in [-0.4, -0.2) is 32.4 Å². The van der Waals surface area contributed by atoms with Crippen LogP contribution in [0.2, 0.25) is 0 Å². The van der Waals surface area contributed by atoms with Crippen LogP contribution in [-0.2, 0) is 16.6 Å². The van der Waals surface area contributed by atoms with E-state index in [1.807, 2.05) is 0 Å². The van der Waals surface area contributed by atoms with Crippen LogP contribution in [0.3, 0.4) is 0 Å². The van der Waals surface area contributed by atoms with Gasteiger partial charge in [0.05, 0.1) is 13.1 Å². The first kappa shape index (κ1) is 14.6. The summed E-state index contributed by atoms with van der Waals surface area (Å²) in [6, 6.07) is 2.06. The SMILES string of the molecule is C#CCN(C)S(=O)(=O)c1cc(CNC2CC2)oc1Br. The van der Waals surface area contributed by atoms with E-state index in [2.05, 4.69) is 27.2 Å². The molecule has 0 amide bonds. The van der Waals surface area contributed by atoms with E-state index in [1.54, 1.807) is 0 Å². The minimum absolute atomic E-state index is 0.0234. The van der Waals surface area contributed by atoms with Crippen molar-refractivity contribution in [2.24, 2.45) is 0 Å². The quantitative estimate of drug-likeness (QED) is 0.793. The largest absolute Gasteiger partial charge is 0.452 e. The van der Waals surface area contributed by atoms with Crippen LogP contribution in [0.25, 0.3) is 0 Å². The lowest BCUT2D eigenvalue weighted by Gasteiger charge is -2.12. The van der Waals surface area contributed by atoms with Gasteiger partial charge in [0.2, 0.25) is 10.0 Å². The molecule has 0 atom stereocenters. The second-order valence-electron chi connectivity index (χ2n) is 4.47. The van der Waals surface area contributed by atoms with Gasteiger partial charge in [0, 0.05) is 19.2 Å². The van der Waals surface area contributed by atoms with Crippen LogP contribution in [0.4, 0.5) is 0 Å². The molecule has 1 aromatic rings. The molecular weight excluding hydrogens is 332 g/mol. The highest BCUT2D eigenvalue weighted by Gasteiger charge is 2.27. The van der Waals surface area contributed by atoms with Gasteiger partial charge in [0.15, 0.2) is 4.67 Å². The number of hydrogen-bond donors (Lipinski definition) is 1. The predicted octanol–water partition coefficient (Wildman–Crippen LogP) is 1.55. The molecule has 1 saturated carbocycles. The number of rotatable bonds is 6. The fourth-order valence-corrected chi connectivity index (χ4v) is 3.62. The Balaban J connectivity index is 2.16. The Morgan fingerprint density at radius 2 is 2.32 bits per heavy atom. The van der Waals surface area contributed by atoms with Crippen molar-refractivity contribution in [3.63, 3.8) is 0 Å². The van der Waals surface area contributed by atoms with Gasteiger partial charge in [-0.05, 0) is 28.8 Å². The fourth-order valence-electron chi connectivity index (χ4n) is 1.57. The molecule has 0 spiro atoms. The maximum absolute atomic E-state index is 12.2. The molecule has 0 radical (unpaired) electrons. The van der Waals surface area contributed by atoms with Crippen molar-refractivity contribution in [1.29, 1.82) is 0 Å². The number of sulfonamides is 1. The third-order valence-corrected chi connectivity index (χ3v) is 5.51. The van der Waals surface area contributed by atoms with E-state index in [9.17, 15) is 8.42 Å². The molecule has 1 aliphatic carbocycles. The van der Waals surface area contributed by atoms with Crippen molar-refractivity contribution in [3.05, 3.63) is 16.5 Å². The number of nitrogens with zero attached hydrogens (tertiary/aromatic N) is 1. The zero-order valence-corrected chi connectivity index (χ0v) is 12.9. The molecule has 7 heteroatoms. The van der Waals surface area contributed by atoms with Crippen molar-refractivity contribution < 1.29 is 12.8 Å². The zero-order chi connectivity index (χ0) is 14.0. The normalized spacial score (nSPS) is 15.7. The monoisotopic (exact) mass is 346 g/mol. The Kier molecular flexibility index (Phi) is 4.36. The summed E-state index contributed by atoms with van der Waals surface area (Å²) >= 11 is 3.14. The minimum Gasteiger partial charge on any atom is -0.452 e. The molecule has 1 heterocycles.